The molecule has 0 radical (unpaired) electrons. The third kappa shape index (κ3) is 4.91. The Morgan fingerprint density at radius 1 is 1.18 bits per heavy atom. The van der Waals surface area contributed by atoms with Crippen molar-refractivity contribution in [2.45, 2.75) is 51.5 Å². The lowest BCUT2D eigenvalue weighted by Crippen LogP contribution is -2.50. The fourth-order valence-corrected chi connectivity index (χ4v) is 6.33. The summed E-state index contributed by atoms with van der Waals surface area (Å²) in [6, 6.07) is 13.0. The van der Waals surface area contributed by atoms with Crippen LogP contribution in [0.25, 0.3) is 0 Å². The Bertz CT molecular complexity index is 1080. The summed E-state index contributed by atoms with van der Waals surface area (Å²) < 4.78 is 34.5. The van der Waals surface area contributed by atoms with E-state index in [2.05, 4.69) is 18.7 Å². The van der Waals surface area contributed by atoms with Crippen LogP contribution in [0.4, 0.5) is 11.4 Å². The van der Waals surface area contributed by atoms with Gasteiger partial charge in [-0.25, -0.2) is 8.42 Å². The minimum Gasteiger partial charge on any atom is -0.388 e. The molecule has 1 unspecified atom stereocenters. The Morgan fingerprint density at radius 2 is 1.88 bits per heavy atom. The Hall–Kier alpha value is -2.09. The van der Waals surface area contributed by atoms with Crippen LogP contribution in [0.15, 0.2) is 47.4 Å². The van der Waals surface area contributed by atoms with Gasteiger partial charge in [0, 0.05) is 36.3 Å². The van der Waals surface area contributed by atoms with Crippen molar-refractivity contribution in [1.82, 2.24) is 0 Å². The minimum atomic E-state index is -3.79. The molecule has 2 aliphatic heterocycles. The average Bonchev–Trinajstić information content (AvgIpc) is 2.78. The molecule has 0 saturated carbocycles. The van der Waals surface area contributed by atoms with E-state index in [9.17, 15) is 13.5 Å². The van der Waals surface area contributed by atoms with Gasteiger partial charge in [0.25, 0.3) is 10.0 Å². The predicted molar refractivity (Wildman–Crippen MR) is 132 cm³/mol. The molecule has 1 atom stereocenters. The van der Waals surface area contributed by atoms with Crippen LogP contribution in [0.2, 0.25) is 0 Å². The molecule has 4 rings (SSSR count). The highest BCUT2D eigenvalue weighted by molar-refractivity contribution is 7.92. The summed E-state index contributed by atoms with van der Waals surface area (Å²) in [6.45, 7) is 11.7. The van der Waals surface area contributed by atoms with Crippen molar-refractivity contribution in [1.29, 1.82) is 0 Å². The van der Waals surface area contributed by atoms with Crippen LogP contribution in [0.5, 0.6) is 0 Å². The normalized spacial score (nSPS) is 19.8. The van der Waals surface area contributed by atoms with E-state index in [0.29, 0.717) is 24.2 Å². The number of aliphatic hydroxyl groups excluding tert-OH is 1. The number of rotatable bonds is 8. The molecule has 0 aliphatic carbocycles. The van der Waals surface area contributed by atoms with E-state index in [1.807, 2.05) is 44.2 Å². The first-order valence-corrected chi connectivity index (χ1v) is 13.3. The Labute approximate surface area is 198 Å². The van der Waals surface area contributed by atoms with Gasteiger partial charge >= 0.3 is 0 Å². The lowest BCUT2D eigenvalue weighted by atomic mass is 9.86. The van der Waals surface area contributed by atoms with Gasteiger partial charge in [-0.1, -0.05) is 39.8 Å². The smallest absolute Gasteiger partial charge is 0.264 e. The lowest BCUT2D eigenvalue weighted by Gasteiger charge is -2.44. The maximum atomic E-state index is 13.8. The van der Waals surface area contributed by atoms with Crippen LogP contribution in [0, 0.1) is 11.3 Å². The second-order valence-electron chi connectivity index (χ2n) is 10.2. The topological polar surface area (TPSA) is 70.1 Å². The SMILES string of the molecule is CCc1ccc(N(CC(C)C)S(=O)(=O)c2ccc3c(c2)C(O)CCN3CC2(C)COC2)cc1. The molecule has 2 aliphatic rings. The number of aliphatic hydroxyl groups is 1. The number of aryl methyl sites for hydroxylation is 1. The zero-order chi connectivity index (χ0) is 23.8. The van der Waals surface area contributed by atoms with Crippen LogP contribution < -0.4 is 9.21 Å². The number of benzene rings is 2. The third-order valence-electron chi connectivity index (χ3n) is 6.60. The molecule has 0 bridgehead atoms. The molecule has 7 heteroatoms. The van der Waals surface area contributed by atoms with E-state index in [0.717, 1.165) is 38.4 Å². The molecule has 0 spiro atoms. The van der Waals surface area contributed by atoms with Crippen LogP contribution in [0.3, 0.4) is 0 Å². The van der Waals surface area contributed by atoms with E-state index in [1.165, 1.54) is 9.87 Å². The average molecular weight is 473 g/mol. The van der Waals surface area contributed by atoms with Crippen molar-refractivity contribution in [3.8, 4) is 0 Å². The number of fused-ring (bicyclic) bond motifs is 1. The first kappa shape index (κ1) is 24.0. The van der Waals surface area contributed by atoms with Gasteiger partial charge < -0.3 is 14.7 Å². The highest BCUT2D eigenvalue weighted by Crippen LogP contribution is 2.39. The van der Waals surface area contributed by atoms with Crippen LogP contribution in [0.1, 0.15) is 51.3 Å². The molecular weight excluding hydrogens is 436 g/mol. The standard InChI is InChI=1S/C26H36N2O4S/c1-5-20-6-8-21(9-7-20)28(15-19(2)3)33(30,31)22-10-11-24-23(14-22)25(29)12-13-27(24)16-26(4)17-32-18-26/h6-11,14,19,25,29H,5,12-13,15-18H2,1-4H3. The van der Waals surface area contributed by atoms with E-state index in [-0.39, 0.29) is 16.2 Å². The zero-order valence-electron chi connectivity index (χ0n) is 20.1. The summed E-state index contributed by atoms with van der Waals surface area (Å²) in [5.74, 6) is 0.162. The monoisotopic (exact) mass is 472 g/mol. The minimum absolute atomic E-state index is 0.100. The quantitative estimate of drug-likeness (QED) is 0.617. The summed E-state index contributed by atoms with van der Waals surface area (Å²) in [5, 5.41) is 10.7. The van der Waals surface area contributed by atoms with Crippen molar-refractivity contribution in [2.24, 2.45) is 11.3 Å². The van der Waals surface area contributed by atoms with Gasteiger partial charge in [0.05, 0.1) is 29.9 Å². The summed E-state index contributed by atoms with van der Waals surface area (Å²) in [4.78, 5) is 2.48. The highest BCUT2D eigenvalue weighted by Gasteiger charge is 2.37. The third-order valence-corrected chi connectivity index (χ3v) is 8.39. The van der Waals surface area contributed by atoms with Gasteiger partial charge in [0.2, 0.25) is 0 Å². The predicted octanol–water partition coefficient (Wildman–Crippen LogP) is 4.38. The fraction of sp³-hybridized carbons (Fsp3) is 0.538. The van der Waals surface area contributed by atoms with E-state index >= 15 is 0 Å². The largest absolute Gasteiger partial charge is 0.388 e. The van der Waals surface area contributed by atoms with E-state index in [4.69, 9.17) is 4.74 Å². The molecule has 180 valence electrons. The first-order chi connectivity index (χ1) is 15.6. The number of sulfonamides is 1. The molecule has 6 nitrogen and oxygen atoms in total. The van der Waals surface area contributed by atoms with Gasteiger partial charge in [0.15, 0.2) is 0 Å². The van der Waals surface area contributed by atoms with Crippen LogP contribution in [-0.4, -0.2) is 46.4 Å². The number of anilines is 2. The molecule has 1 N–H and O–H groups in total. The lowest BCUT2D eigenvalue weighted by molar-refractivity contribution is -0.0959. The molecule has 1 saturated heterocycles. The van der Waals surface area contributed by atoms with Crippen molar-refractivity contribution in [3.05, 3.63) is 53.6 Å². The molecule has 2 aromatic carbocycles. The fourth-order valence-electron chi connectivity index (χ4n) is 4.67. The Morgan fingerprint density at radius 3 is 2.45 bits per heavy atom. The summed E-state index contributed by atoms with van der Waals surface area (Å²) in [7, 11) is -3.79. The molecule has 2 aromatic rings. The molecule has 0 amide bonds. The first-order valence-electron chi connectivity index (χ1n) is 11.9. The summed E-state index contributed by atoms with van der Waals surface area (Å²) >= 11 is 0. The maximum Gasteiger partial charge on any atom is 0.264 e. The van der Waals surface area contributed by atoms with Crippen molar-refractivity contribution in [3.63, 3.8) is 0 Å². The van der Waals surface area contributed by atoms with E-state index < -0.39 is 16.1 Å². The van der Waals surface area contributed by atoms with Crippen molar-refractivity contribution in [2.75, 3.05) is 42.1 Å². The van der Waals surface area contributed by atoms with Crippen LogP contribution >= 0.6 is 0 Å². The van der Waals surface area contributed by atoms with Crippen molar-refractivity contribution >= 4 is 21.4 Å². The highest BCUT2D eigenvalue weighted by atomic mass is 32.2. The van der Waals surface area contributed by atoms with Gasteiger partial charge in [-0.2, -0.15) is 0 Å². The molecule has 1 fully saturated rings. The van der Waals surface area contributed by atoms with Crippen molar-refractivity contribution < 1.29 is 18.3 Å². The molecule has 0 aromatic heterocycles. The summed E-state index contributed by atoms with van der Waals surface area (Å²) in [5.41, 5.74) is 3.55. The molecule has 33 heavy (non-hydrogen) atoms. The molecular formula is C26H36N2O4S. The number of ether oxygens (including phenoxy) is 1. The number of hydrogen-bond donors (Lipinski definition) is 1. The number of nitrogens with zero attached hydrogens (tertiary/aromatic N) is 2. The van der Waals surface area contributed by atoms with Gasteiger partial charge in [-0.15, -0.1) is 0 Å². The molecule has 2 heterocycles. The van der Waals surface area contributed by atoms with Gasteiger partial charge in [-0.05, 0) is 54.7 Å². The summed E-state index contributed by atoms with van der Waals surface area (Å²) in [6.07, 6.45) is 0.822. The Kier molecular flexibility index (Phi) is 6.76. The Balaban J connectivity index is 1.69. The van der Waals surface area contributed by atoms with Gasteiger partial charge in [0.1, 0.15) is 0 Å². The van der Waals surface area contributed by atoms with Gasteiger partial charge in [-0.3, -0.25) is 4.31 Å². The maximum absolute atomic E-state index is 13.8. The van der Waals surface area contributed by atoms with Crippen LogP contribution in [-0.2, 0) is 21.2 Å². The second-order valence-corrected chi connectivity index (χ2v) is 12.1. The van der Waals surface area contributed by atoms with E-state index in [1.54, 1.807) is 12.1 Å². The number of hydrogen-bond acceptors (Lipinski definition) is 5. The zero-order valence-corrected chi connectivity index (χ0v) is 20.9. The second kappa shape index (κ2) is 9.28.